The Hall–Kier alpha value is -3.16. The van der Waals surface area contributed by atoms with Gasteiger partial charge in [-0.15, -0.1) is 0 Å². The van der Waals surface area contributed by atoms with Crippen molar-refractivity contribution < 1.29 is 9.38 Å². The van der Waals surface area contributed by atoms with Crippen LogP contribution in [-0.2, 0) is 16.6 Å². The highest BCUT2D eigenvalue weighted by molar-refractivity contribution is 5.85. The van der Waals surface area contributed by atoms with E-state index >= 15 is 0 Å². The first kappa shape index (κ1) is 25.1. The molecular weight excluding hydrogens is 544 g/mol. The first-order valence-corrected chi connectivity index (χ1v) is 17.1. The van der Waals surface area contributed by atoms with Crippen LogP contribution in [0.1, 0.15) is 49.0 Å². The first-order valence-electron chi connectivity index (χ1n) is 17.1. The topological polar surface area (TPSA) is 54.6 Å². The molecule has 1 saturated carbocycles. The minimum Gasteiger partial charge on any atom is -0.632 e. The maximum atomic E-state index is 14.5. The number of nitrogens with one attached hydrogen (secondary N) is 1. The van der Waals surface area contributed by atoms with Crippen molar-refractivity contribution in [2.45, 2.75) is 62.3 Å². The number of allylic oxidation sites excluding steroid dienone is 1. The fraction of sp³-hybridized carbons (Fsp3) is 0.474. The Labute approximate surface area is 258 Å². The largest absolute Gasteiger partial charge is 0.632 e. The van der Waals surface area contributed by atoms with E-state index in [0.717, 1.165) is 45.3 Å². The van der Waals surface area contributed by atoms with Crippen LogP contribution in [0.3, 0.4) is 0 Å². The zero-order valence-electron chi connectivity index (χ0n) is 25.4. The fourth-order valence-corrected chi connectivity index (χ4v) is 12.1. The molecule has 2 aromatic carbocycles. The Morgan fingerprint density at radius 2 is 2.00 bits per heavy atom. The quantitative estimate of drug-likeness (QED) is 0.213. The summed E-state index contributed by atoms with van der Waals surface area (Å²) in [6.45, 7) is 6.42. The summed E-state index contributed by atoms with van der Waals surface area (Å²) in [6.07, 6.45) is 11.6. The van der Waals surface area contributed by atoms with Gasteiger partial charge in [0, 0.05) is 66.3 Å². The predicted octanol–water partition coefficient (Wildman–Crippen LogP) is 6.12. The minimum atomic E-state index is -0.0750. The zero-order valence-corrected chi connectivity index (χ0v) is 25.4. The number of rotatable bonds is 1. The minimum absolute atomic E-state index is 0.0232. The first-order chi connectivity index (χ1) is 21.6. The van der Waals surface area contributed by atoms with E-state index in [1.807, 2.05) is 0 Å². The monoisotopic (exact) mass is 584 g/mol. The molecule has 8 aliphatic rings. The number of anilines is 1. The van der Waals surface area contributed by atoms with Crippen LogP contribution >= 0.6 is 0 Å². The number of benzene rings is 2. The van der Waals surface area contributed by atoms with E-state index < -0.39 is 0 Å². The highest BCUT2D eigenvalue weighted by atomic mass is 16.6. The third-order valence-corrected chi connectivity index (χ3v) is 13.7. The fourth-order valence-electron chi connectivity index (χ4n) is 12.1. The van der Waals surface area contributed by atoms with Crippen molar-refractivity contribution in [2.24, 2.45) is 17.8 Å². The number of fused-ring (bicyclic) bond motifs is 7. The van der Waals surface area contributed by atoms with E-state index in [9.17, 15) is 5.21 Å². The number of quaternary nitrogens is 1. The number of aromatic nitrogens is 1. The highest BCUT2D eigenvalue weighted by Gasteiger charge is 2.73. The molecule has 0 radical (unpaired) electrons. The molecule has 3 aromatic rings. The summed E-state index contributed by atoms with van der Waals surface area (Å²) in [6, 6.07) is 18.8. The summed E-state index contributed by atoms with van der Waals surface area (Å²) in [5, 5.41) is 15.9. The predicted molar refractivity (Wildman–Crippen MR) is 172 cm³/mol. The third-order valence-electron chi connectivity index (χ3n) is 13.7. The summed E-state index contributed by atoms with van der Waals surface area (Å²) in [5.74, 6) is 1.16. The maximum absolute atomic E-state index is 14.5. The summed E-state index contributed by atoms with van der Waals surface area (Å²) < 4.78 is 7.01. The number of hydrogen-bond donors (Lipinski definition) is 1. The van der Waals surface area contributed by atoms with E-state index in [1.54, 1.807) is 5.57 Å². The van der Waals surface area contributed by atoms with Crippen LogP contribution in [0.2, 0.25) is 0 Å². The van der Waals surface area contributed by atoms with Crippen LogP contribution in [-0.4, -0.2) is 65.5 Å². The van der Waals surface area contributed by atoms with Crippen molar-refractivity contribution in [3.8, 4) is 0 Å². The molecule has 11 rings (SSSR count). The van der Waals surface area contributed by atoms with Crippen LogP contribution in [0.4, 0.5) is 5.69 Å². The Kier molecular flexibility index (Phi) is 4.76. The number of para-hydroxylation sites is 2. The summed E-state index contributed by atoms with van der Waals surface area (Å²) >= 11 is 0. The lowest BCUT2D eigenvalue weighted by molar-refractivity contribution is -0.896. The molecule has 1 aliphatic carbocycles. The van der Waals surface area contributed by atoms with Gasteiger partial charge in [0.25, 0.3) is 0 Å². The van der Waals surface area contributed by atoms with Crippen molar-refractivity contribution >= 4 is 16.6 Å². The smallest absolute Gasteiger partial charge is 0.102 e. The third kappa shape index (κ3) is 2.84. The number of aromatic amines is 1. The van der Waals surface area contributed by atoms with Crippen LogP contribution in [0.25, 0.3) is 10.9 Å². The summed E-state index contributed by atoms with van der Waals surface area (Å²) in [4.78, 5) is 9.28. The van der Waals surface area contributed by atoms with E-state index in [0.29, 0.717) is 43.0 Å². The SMILES string of the molecule is C/C=C1/CN2CCc3c([nH]c4ccccc34)[C@@H]2C[C@@H]1C1=CN2c3ccccc3[C@@]34CC[N+]5([O-])CC6=CCO[C@@H]1[C@@H]([C@H]23)[C@H]6C[C@@H]45. The molecule has 4 fully saturated rings. The van der Waals surface area contributed by atoms with E-state index in [-0.39, 0.29) is 22.2 Å². The zero-order chi connectivity index (χ0) is 28.9. The number of H-pyrrole nitrogens is 1. The molecule has 1 unspecified atom stereocenters. The molecule has 8 heterocycles. The molecule has 6 heteroatoms. The van der Waals surface area contributed by atoms with Crippen LogP contribution < -0.4 is 4.90 Å². The van der Waals surface area contributed by atoms with Crippen molar-refractivity contribution in [2.75, 3.05) is 37.7 Å². The lowest BCUT2D eigenvalue weighted by atomic mass is 9.53. The molecule has 1 spiro atoms. The Bertz CT molecular complexity index is 1850. The number of hydroxylamine groups is 3. The Balaban J connectivity index is 1.09. The normalized spacial score (nSPS) is 42.0. The molecule has 7 aliphatic heterocycles. The van der Waals surface area contributed by atoms with Gasteiger partial charge < -0.3 is 24.5 Å². The lowest BCUT2D eigenvalue weighted by Gasteiger charge is -2.62. The summed E-state index contributed by atoms with van der Waals surface area (Å²) in [5.41, 5.74) is 11.4. The van der Waals surface area contributed by atoms with Gasteiger partial charge in [-0.05, 0) is 60.1 Å². The average molecular weight is 585 g/mol. The molecule has 0 amide bonds. The van der Waals surface area contributed by atoms with Gasteiger partial charge in [0.15, 0.2) is 0 Å². The van der Waals surface area contributed by atoms with Crippen molar-refractivity contribution in [1.29, 1.82) is 0 Å². The molecule has 6 nitrogen and oxygen atoms in total. The maximum Gasteiger partial charge on any atom is 0.102 e. The Morgan fingerprint density at radius 3 is 2.93 bits per heavy atom. The second kappa shape index (κ2) is 8.35. The van der Waals surface area contributed by atoms with Crippen LogP contribution in [0, 0.1) is 23.0 Å². The Morgan fingerprint density at radius 1 is 1.11 bits per heavy atom. The van der Waals surface area contributed by atoms with Gasteiger partial charge in [-0.3, -0.25) is 4.90 Å². The van der Waals surface area contributed by atoms with Gasteiger partial charge in [0.1, 0.15) is 12.6 Å². The van der Waals surface area contributed by atoms with Crippen LogP contribution in [0.5, 0.6) is 0 Å². The van der Waals surface area contributed by atoms with Gasteiger partial charge in [0.2, 0.25) is 0 Å². The molecule has 224 valence electrons. The van der Waals surface area contributed by atoms with Crippen molar-refractivity contribution in [3.63, 3.8) is 0 Å². The van der Waals surface area contributed by atoms with Gasteiger partial charge in [-0.25, -0.2) is 0 Å². The highest BCUT2D eigenvalue weighted by Crippen LogP contribution is 2.68. The van der Waals surface area contributed by atoms with Crippen LogP contribution in [0.15, 0.2) is 83.6 Å². The van der Waals surface area contributed by atoms with Crippen molar-refractivity contribution in [3.05, 3.63) is 106 Å². The van der Waals surface area contributed by atoms with E-state index in [4.69, 9.17) is 4.74 Å². The number of nitrogens with zero attached hydrogens (tertiary/aromatic N) is 3. The average Bonchev–Trinajstić information content (AvgIpc) is 3.64. The number of ether oxygens (including phenoxy) is 1. The molecule has 1 N–H and O–H groups in total. The van der Waals surface area contributed by atoms with E-state index in [2.05, 4.69) is 88.6 Å². The second-order valence-electron chi connectivity index (χ2n) is 15.0. The molecule has 44 heavy (non-hydrogen) atoms. The molecular formula is C38H40N4O2. The molecule has 1 aromatic heterocycles. The van der Waals surface area contributed by atoms with Gasteiger partial charge >= 0.3 is 0 Å². The molecule has 2 bridgehead atoms. The van der Waals surface area contributed by atoms with Gasteiger partial charge in [-0.2, -0.15) is 0 Å². The van der Waals surface area contributed by atoms with Gasteiger partial charge in [-0.1, -0.05) is 54.1 Å². The van der Waals surface area contributed by atoms with Crippen molar-refractivity contribution in [1.82, 2.24) is 9.88 Å². The second-order valence-corrected chi connectivity index (χ2v) is 15.0. The molecule has 9 atom stereocenters. The lowest BCUT2D eigenvalue weighted by Crippen LogP contribution is -2.70. The van der Waals surface area contributed by atoms with E-state index in [1.165, 1.54) is 44.6 Å². The molecule has 3 saturated heterocycles. The van der Waals surface area contributed by atoms with Gasteiger partial charge in [0.05, 0.1) is 36.8 Å². The number of hydrogen-bond acceptors (Lipinski definition) is 4. The number of piperidine rings is 2. The summed E-state index contributed by atoms with van der Waals surface area (Å²) in [7, 11) is 0. The standard InChI is InChI=1S/C38H40N4O2/c1-2-22-19-40-14-11-25-24-7-3-5-9-30(24)39-35(25)32(40)17-26(22)28-20-41-31-10-6-4-8-29(31)38-13-15-42(43)21-23-12-16-44-36(28)34(37(38)41)27(23)18-33(38)42/h2-10,12,20,26-27,32-34,36-37,39H,11,13-19,21H2,1H3/b22-2-/t26-,27-,32-,33-,34-,36-,37-,38+,42?/m0/s1.